The Kier molecular flexibility index (Phi) is 4.08. The Bertz CT molecular complexity index is 910. The van der Waals surface area contributed by atoms with Crippen LogP contribution in [0.1, 0.15) is 10.4 Å². The van der Waals surface area contributed by atoms with E-state index in [4.69, 9.17) is 0 Å². The van der Waals surface area contributed by atoms with Gasteiger partial charge < -0.3 is 0 Å². The summed E-state index contributed by atoms with van der Waals surface area (Å²) >= 11 is 3.40. The van der Waals surface area contributed by atoms with Crippen molar-refractivity contribution in [3.63, 3.8) is 0 Å². The predicted octanol–water partition coefficient (Wildman–Crippen LogP) is 4.23. The number of hydrogen-bond donors (Lipinski definition) is 0. The molecule has 0 bridgehead atoms. The van der Waals surface area contributed by atoms with Gasteiger partial charge in [-0.1, -0.05) is 60.3 Å². The monoisotopic (exact) mass is 338 g/mol. The molecule has 0 saturated heterocycles. The number of nitrogens with zero attached hydrogens (tertiary/aromatic N) is 4. The minimum absolute atomic E-state index is 0.725. The Morgan fingerprint density at radius 2 is 1.91 bits per heavy atom. The molecule has 0 aliphatic rings. The molecular formula is C17H14N4S2. The molecule has 114 valence electrons. The van der Waals surface area contributed by atoms with E-state index >= 15 is 0 Å². The number of thioether (sulfide) groups is 1. The lowest BCUT2D eigenvalue weighted by Crippen LogP contribution is -2.02. The Labute approximate surface area is 142 Å². The van der Waals surface area contributed by atoms with Crippen molar-refractivity contribution in [1.29, 1.82) is 0 Å². The number of fused-ring (bicyclic) bond motifs is 1. The van der Waals surface area contributed by atoms with E-state index in [1.54, 1.807) is 23.1 Å². The van der Waals surface area contributed by atoms with Crippen LogP contribution in [-0.4, -0.2) is 20.2 Å². The lowest BCUT2D eigenvalue weighted by atomic mass is 10.1. The van der Waals surface area contributed by atoms with Gasteiger partial charge >= 0.3 is 0 Å². The van der Waals surface area contributed by atoms with Gasteiger partial charge in [0, 0.05) is 10.6 Å². The van der Waals surface area contributed by atoms with Gasteiger partial charge in [-0.3, -0.25) is 0 Å². The molecule has 0 fully saturated rings. The van der Waals surface area contributed by atoms with Crippen LogP contribution >= 0.6 is 23.1 Å². The molecule has 0 spiro atoms. The first-order valence-electron chi connectivity index (χ1n) is 7.28. The second-order valence-electron chi connectivity index (χ2n) is 5.13. The molecule has 4 rings (SSSR count). The molecule has 0 unspecified atom stereocenters. The van der Waals surface area contributed by atoms with E-state index in [0.29, 0.717) is 0 Å². The molecule has 6 heteroatoms. The molecule has 0 atom stereocenters. The fraction of sp³-hybridized carbons (Fsp3) is 0.118. The summed E-state index contributed by atoms with van der Waals surface area (Å²) in [6, 6.07) is 19.0. The molecule has 2 heterocycles. The molecule has 0 aliphatic carbocycles. The van der Waals surface area contributed by atoms with Crippen LogP contribution in [0.2, 0.25) is 0 Å². The average molecular weight is 338 g/mol. The van der Waals surface area contributed by atoms with Gasteiger partial charge in [0.15, 0.2) is 0 Å². The first-order valence-corrected chi connectivity index (χ1v) is 9.15. The molecule has 0 amide bonds. The highest BCUT2D eigenvalue weighted by Crippen LogP contribution is 2.26. The molecule has 4 aromatic rings. The third kappa shape index (κ3) is 3.13. The molecule has 0 radical (unpaired) electrons. The molecule has 4 nitrogen and oxygen atoms in total. The fourth-order valence-electron chi connectivity index (χ4n) is 2.51. The van der Waals surface area contributed by atoms with Crippen molar-refractivity contribution in [1.82, 2.24) is 20.2 Å². The van der Waals surface area contributed by atoms with Crippen LogP contribution in [-0.2, 0) is 12.3 Å². The van der Waals surface area contributed by atoms with Gasteiger partial charge in [0.25, 0.3) is 0 Å². The number of rotatable bonds is 5. The summed E-state index contributed by atoms with van der Waals surface area (Å²) in [5.74, 6) is 0.853. The van der Waals surface area contributed by atoms with E-state index in [2.05, 4.69) is 69.4 Å². The van der Waals surface area contributed by atoms with Crippen molar-refractivity contribution < 1.29 is 0 Å². The van der Waals surface area contributed by atoms with Gasteiger partial charge in [-0.2, -0.15) is 0 Å². The molecule has 0 aliphatic heterocycles. The van der Waals surface area contributed by atoms with Crippen LogP contribution in [0.5, 0.6) is 0 Å². The lowest BCUT2D eigenvalue weighted by Gasteiger charge is -2.06. The van der Waals surface area contributed by atoms with Gasteiger partial charge in [-0.15, -0.1) is 16.4 Å². The van der Waals surface area contributed by atoms with E-state index in [1.807, 2.05) is 10.7 Å². The largest absolute Gasteiger partial charge is 0.215 e. The summed E-state index contributed by atoms with van der Waals surface area (Å²) in [6.45, 7) is 0.725. The summed E-state index contributed by atoms with van der Waals surface area (Å²) < 4.78 is 1.86. The molecule has 0 N–H and O–H groups in total. The minimum atomic E-state index is 0.725. The van der Waals surface area contributed by atoms with Gasteiger partial charge in [-0.05, 0) is 38.2 Å². The lowest BCUT2D eigenvalue weighted by molar-refractivity contribution is 0.608. The summed E-state index contributed by atoms with van der Waals surface area (Å²) in [5, 5.41) is 17.6. The smallest absolute Gasteiger partial charge is 0.209 e. The number of tetrazole rings is 1. The molecular weight excluding hydrogens is 324 g/mol. The highest BCUT2D eigenvalue weighted by atomic mass is 32.2. The number of aromatic nitrogens is 4. The normalized spacial score (nSPS) is 11.1. The third-order valence-electron chi connectivity index (χ3n) is 3.62. The number of benzene rings is 2. The molecule has 2 aromatic heterocycles. The predicted molar refractivity (Wildman–Crippen MR) is 94.7 cm³/mol. The highest BCUT2D eigenvalue weighted by Gasteiger charge is 2.09. The topological polar surface area (TPSA) is 43.6 Å². The highest BCUT2D eigenvalue weighted by molar-refractivity contribution is 7.98. The Morgan fingerprint density at radius 3 is 2.83 bits per heavy atom. The van der Waals surface area contributed by atoms with Gasteiger partial charge in [-0.25, -0.2) is 4.68 Å². The minimum Gasteiger partial charge on any atom is -0.215 e. The SMILES string of the molecule is c1csc(Cn2nnnc2SCc2cccc3ccccc23)c1. The van der Waals surface area contributed by atoms with Crippen molar-refractivity contribution in [2.75, 3.05) is 0 Å². The van der Waals surface area contributed by atoms with Crippen LogP contribution in [0.25, 0.3) is 10.8 Å². The quantitative estimate of drug-likeness (QED) is 0.511. The molecule has 2 aromatic carbocycles. The Balaban J connectivity index is 1.54. The average Bonchev–Trinajstić information content (AvgIpc) is 3.25. The second kappa shape index (κ2) is 6.52. The summed E-state index contributed by atoms with van der Waals surface area (Å²) in [4.78, 5) is 1.25. The van der Waals surface area contributed by atoms with Gasteiger partial charge in [0.2, 0.25) is 5.16 Å². The number of hydrogen-bond acceptors (Lipinski definition) is 5. The zero-order valence-electron chi connectivity index (χ0n) is 12.3. The second-order valence-corrected chi connectivity index (χ2v) is 7.10. The van der Waals surface area contributed by atoms with Crippen molar-refractivity contribution in [3.05, 3.63) is 70.4 Å². The van der Waals surface area contributed by atoms with Crippen LogP contribution in [0.15, 0.2) is 65.1 Å². The first kappa shape index (κ1) is 14.4. The standard InChI is InChI=1S/C17H14N4S2/c1-2-9-16-13(5-1)6-3-7-14(16)12-23-17-18-19-20-21(17)11-15-8-4-10-22-15/h1-10H,11-12H2. The maximum Gasteiger partial charge on any atom is 0.209 e. The van der Waals surface area contributed by atoms with Gasteiger partial charge in [0.05, 0.1) is 6.54 Å². The van der Waals surface area contributed by atoms with Crippen LogP contribution in [0, 0.1) is 0 Å². The first-order chi connectivity index (χ1) is 11.4. The van der Waals surface area contributed by atoms with Crippen molar-refractivity contribution >= 4 is 33.9 Å². The zero-order valence-corrected chi connectivity index (χ0v) is 13.9. The van der Waals surface area contributed by atoms with E-state index in [-0.39, 0.29) is 0 Å². The molecule has 0 saturated carbocycles. The van der Waals surface area contributed by atoms with Crippen LogP contribution in [0.3, 0.4) is 0 Å². The summed E-state index contributed by atoms with van der Waals surface area (Å²) in [5.41, 5.74) is 1.30. The van der Waals surface area contributed by atoms with Crippen LogP contribution < -0.4 is 0 Å². The van der Waals surface area contributed by atoms with E-state index < -0.39 is 0 Å². The van der Waals surface area contributed by atoms with Crippen molar-refractivity contribution in [3.8, 4) is 0 Å². The van der Waals surface area contributed by atoms with E-state index in [9.17, 15) is 0 Å². The maximum atomic E-state index is 4.16. The molecule has 23 heavy (non-hydrogen) atoms. The summed E-state index contributed by atoms with van der Waals surface area (Å²) in [7, 11) is 0. The fourth-order valence-corrected chi connectivity index (χ4v) is 4.08. The van der Waals surface area contributed by atoms with Crippen molar-refractivity contribution in [2.24, 2.45) is 0 Å². The Hall–Kier alpha value is -2.18. The Morgan fingerprint density at radius 1 is 1.00 bits per heavy atom. The zero-order chi connectivity index (χ0) is 15.5. The third-order valence-corrected chi connectivity index (χ3v) is 5.49. The summed E-state index contributed by atoms with van der Waals surface area (Å²) in [6.07, 6.45) is 0. The van der Waals surface area contributed by atoms with E-state index in [1.165, 1.54) is 21.2 Å². The van der Waals surface area contributed by atoms with Crippen LogP contribution in [0.4, 0.5) is 0 Å². The number of thiophene rings is 1. The van der Waals surface area contributed by atoms with E-state index in [0.717, 1.165) is 17.5 Å². The maximum absolute atomic E-state index is 4.16. The van der Waals surface area contributed by atoms with Crippen molar-refractivity contribution in [2.45, 2.75) is 17.5 Å². The van der Waals surface area contributed by atoms with Gasteiger partial charge in [0.1, 0.15) is 0 Å².